The van der Waals surface area contributed by atoms with Crippen LogP contribution in [0.25, 0.3) is 0 Å². The average molecular weight is 226 g/mol. The van der Waals surface area contributed by atoms with Crippen LogP contribution in [0.5, 0.6) is 0 Å². The topological polar surface area (TPSA) is 76.2 Å². The van der Waals surface area contributed by atoms with Crippen molar-refractivity contribution in [3.8, 4) is 0 Å². The number of carboxylic acids is 1. The number of carboxylic acid groups (broad SMARTS) is 1. The van der Waals surface area contributed by atoms with Crippen LogP contribution in [0.2, 0.25) is 0 Å². The third-order valence-corrected chi connectivity index (χ3v) is 2.99. The Balaban J connectivity index is 2.15. The second kappa shape index (κ2) is 6.42. The van der Waals surface area contributed by atoms with Crippen molar-refractivity contribution in [1.29, 1.82) is 0 Å². The van der Waals surface area contributed by atoms with Crippen LogP contribution in [0.15, 0.2) is 24.5 Å². The summed E-state index contributed by atoms with van der Waals surface area (Å²) < 4.78 is 0. The number of nitrogens with two attached hydrogens (primary N) is 1. The summed E-state index contributed by atoms with van der Waals surface area (Å²) in [4.78, 5) is 14.3. The molecule has 0 amide bonds. The monoisotopic (exact) mass is 226 g/mol. The molecule has 15 heavy (non-hydrogen) atoms. The number of hydrogen-bond donors (Lipinski definition) is 2. The Kier molecular flexibility index (Phi) is 5.14. The SMILES string of the molecule is N[C@@H](CSCCc1ccncc1)C(=O)O. The van der Waals surface area contributed by atoms with Gasteiger partial charge in [0.2, 0.25) is 0 Å². The van der Waals surface area contributed by atoms with Crippen molar-refractivity contribution in [3.63, 3.8) is 0 Å². The van der Waals surface area contributed by atoms with Gasteiger partial charge < -0.3 is 10.8 Å². The lowest BCUT2D eigenvalue weighted by molar-refractivity contribution is -0.137. The summed E-state index contributed by atoms with van der Waals surface area (Å²) in [5, 5.41) is 8.55. The molecule has 0 aliphatic heterocycles. The summed E-state index contributed by atoms with van der Waals surface area (Å²) in [5.74, 6) is 0.400. The average Bonchev–Trinajstić information content (AvgIpc) is 2.25. The number of rotatable bonds is 6. The third kappa shape index (κ3) is 4.80. The largest absolute Gasteiger partial charge is 0.480 e. The van der Waals surface area contributed by atoms with E-state index < -0.39 is 12.0 Å². The minimum absolute atomic E-state index is 0.459. The van der Waals surface area contributed by atoms with E-state index in [1.54, 1.807) is 24.2 Å². The smallest absolute Gasteiger partial charge is 0.321 e. The Morgan fingerprint density at radius 1 is 1.53 bits per heavy atom. The minimum Gasteiger partial charge on any atom is -0.480 e. The third-order valence-electron chi connectivity index (χ3n) is 1.90. The van der Waals surface area contributed by atoms with Crippen LogP contribution in [0.3, 0.4) is 0 Å². The normalized spacial score (nSPS) is 12.3. The number of aromatic nitrogens is 1. The lowest BCUT2D eigenvalue weighted by atomic mass is 10.2. The number of aliphatic carboxylic acids is 1. The van der Waals surface area contributed by atoms with Gasteiger partial charge in [0, 0.05) is 18.1 Å². The van der Waals surface area contributed by atoms with E-state index in [0.29, 0.717) is 5.75 Å². The molecule has 1 heterocycles. The van der Waals surface area contributed by atoms with Gasteiger partial charge in [-0.1, -0.05) is 0 Å². The molecule has 1 atom stereocenters. The molecule has 0 aliphatic carbocycles. The van der Waals surface area contributed by atoms with E-state index in [4.69, 9.17) is 10.8 Å². The Hall–Kier alpha value is -1.07. The molecule has 1 aromatic rings. The maximum Gasteiger partial charge on any atom is 0.321 e. The summed E-state index contributed by atoms with van der Waals surface area (Å²) in [6.07, 6.45) is 4.42. The summed E-state index contributed by atoms with van der Waals surface area (Å²) in [7, 11) is 0. The van der Waals surface area contributed by atoms with Crippen molar-refractivity contribution < 1.29 is 9.90 Å². The van der Waals surface area contributed by atoms with Crippen molar-refractivity contribution in [2.24, 2.45) is 5.73 Å². The molecular formula is C10H14N2O2S. The van der Waals surface area contributed by atoms with Gasteiger partial charge in [-0.15, -0.1) is 0 Å². The van der Waals surface area contributed by atoms with Gasteiger partial charge in [-0.05, 0) is 29.9 Å². The van der Waals surface area contributed by atoms with Gasteiger partial charge in [0.15, 0.2) is 0 Å². The molecule has 0 unspecified atom stereocenters. The van der Waals surface area contributed by atoms with Gasteiger partial charge >= 0.3 is 5.97 Å². The zero-order valence-electron chi connectivity index (χ0n) is 8.30. The van der Waals surface area contributed by atoms with Crippen LogP contribution < -0.4 is 5.73 Å². The number of aryl methyl sites for hydroxylation is 1. The van der Waals surface area contributed by atoms with Crippen molar-refractivity contribution in [2.75, 3.05) is 11.5 Å². The van der Waals surface area contributed by atoms with Crippen molar-refractivity contribution in [2.45, 2.75) is 12.5 Å². The molecule has 0 saturated carbocycles. The summed E-state index contributed by atoms with van der Waals surface area (Å²) in [6, 6.07) is 3.16. The standard InChI is InChI=1S/C10H14N2O2S/c11-9(10(13)14)7-15-6-3-8-1-4-12-5-2-8/h1-2,4-5,9H,3,6-7,11H2,(H,13,14)/t9-/m0/s1. The molecule has 0 aliphatic rings. The number of nitrogens with zero attached hydrogens (tertiary/aromatic N) is 1. The number of carbonyl (C=O) groups is 1. The molecule has 3 N–H and O–H groups in total. The predicted molar refractivity (Wildman–Crippen MR) is 60.9 cm³/mol. The first-order valence-corrected chi connectivity index (χ1v) is 5.80. The fraction of sp³-hybridized carbons (Fsp3) is 0.400. The lowest BCUT2D eigenvalue weighted by Gasteiger charge is -2.05. The second-order valence-corrected chi connectivity index (χ2v) is 4.27. The lowest BCUT2D eigenvalue weighted by Crippen LogP contribution is -2.32. The molecule has 0 aromatic carbocycles. The Morgan fingerprint density at radius 3 is 2.80 bits per heavy atom. The molecule has 0 spiro atoms. The van der Waals surface area contributed by atoms with Gasteiger partial charge in [-0.3, -0.25) is 9.78 Å². The molecule has 1 aromatic heterocycles. The minimum atomic E-state index is -0.939. The molecule has 0 bridgehead atoms. The quantitative estimate of drug-likeness (QED) is 0.701. The number of pyridine rings is 1. The zero-order chi connectivity index (χ0) is 11.1. The molecule has 4 nitrogen and oxygen atoms in total. The van der Waals surface area contributed by atoms with E-state index in [1.807, 2.05) is 12.1 Å². The highest BCUT2D eigenvalue weighted by Crippen LogP contribution is 2.07. The highest BCUT2D eigenvalue weighted by molar-refractivity contribution is 7.99. The first-order valence-electron chi connectivity index (χ1n) is 4.65. The van der Waals surface area contributed by atoms with E-state index in [-0.39, 0.29) is 0 Å². The van der Waals surface area contributed by atoms with Gasteiger partial charge in [0.25, 0.3) is 0 Å². The fourth-order valence-electron chi connectivity index (χ4n) is 1.02. The Bertz CT molecular complexity index is 306. The summed E-state index contributed by atoms with van der Waals surface area (Å²) >= 11 is 1.56. The summed E-state index contributed by atoms with van der Waals surface area (Å²) in [6.45, 7) is 0. The van der Waals surface area contributed by atoms with Crippen LogP contribution >= 0.6 is 11.8 Å². The van der Waals surface area contributed by atoms with Crippen LogP contribution in [0.4, 0.5) is 0 Å². The van der Waals surface area contributed by atoms with Crippen molar-refractivity contribution >= 4 is 17.7 Å². The maximum absolute atomic E-state index is 10.4. The van der Waals surface area contributed by atoms with Crippen LogP contribution in [0, 0.1) is 0 Å². The van der Waals surface area contributed by atoms with E-state index in [2.05, 4.69) is 4.98 Å². The maximum atomic E-state index is 10.4. The zero-order valence-corrected chi connectivity index (χ0v) is 9.11. The van der Waals surface area contributed by atoms with Gasteiger partial charge in [-0.25, -0.2) is 0 Å². The predicted octanol–water partition coefficient (Wildman–Crippen LogP) is 0.769. The van der Waals surface area contributed by atoms with Gasteiger partial charge in [-0.2, -0.15) is 11.8 Å². The molecule has 0 fully saturated rings. The van der Waals surface area contributed by atoms with E-state index in [9.17, 15) is 4.79 Å². The summed E-state index contributed by atoms with van der Waals surface area (Å²) in [5.41, 5.74) is 6.58. The fourth-order valence-corrected chi connectivity index (χ4v) is 1.96. The highest BCUT2D eigenvalue weighted by Gasteiger charge is 2.10. The van der Waals surface area contributed by atoms with Gasteiger partial charge in [0.05, 0.1) is 0 Å². The van der Waals surface area contributed by atoms with E-state index in [1.165, 1.54) is 5.56 Å². The molecule has 5 heteroatoms. The van der Waals surface area contributed by atoms with Crippen LogP contribution in [-0.4, -0.2) is 33.6 Å². The van der Waals surface area contributed by atoms with E-state index >= 15 is 0 Å². The van der Waals surface area contributed by atoms with Crippen LogP contribution in [-0.2, 0) is 11.2 Å². The van der Waals surface area contributed by atoms with Gasteiger partial charge in [0.1, 0.15) is 6.04 Å². The Morgan fingerprint density at radius 2 is 2.20 bits per heavy atom. The molecule has 0 radical (unpaired) electrons. The second-order valence-electron chi connectivity index (χ2n) is 3.13. The Labute approximate surface area is 92.9 Å². The molecule has 1 rings (SSSR count). The molecular weight excluding hydrogens is 212 g/mol. The number of thioether (sulfide) groups is 1. The molecule has 0 saturated heterocycles. The number of hydrogen-bond acceptors (Lipinski definition) is 4. The van der Waals surface area contributed by atoms with E-state index in [0.717, 1.165) is 12.2 Å². The van der Waals surface area contributed by atoms with Crippen molar-refractivity contribution in [3.05, 3.63) is 30.1 Å². The highest BCUT2D eigenvalue weighted by atomic mass is 32.2. The first kappa shape index (κ1) is 12.0. The van der Waals surface area contributed by atoms with Crippen molar-refractivity contribution in [1.82, 2.24) is 4.98 Å². The van der Waals surface area contributed by atoms with Crippen LogP contribution in [0.1, 0.15) is 5.56 Å². The molecule has 82 valence electrons. The first-order chi connectivity index (χ1) is 7.20.